The van der Waals surface area contributed by atoms with E-state index >= 15 is 0 Å². The molecule has 0 saturated heterocycles. The van der Waals surface area contributed by atoms with E-state index in [1.165, 1.54) is 15.9 Å². The first kappa shape index (κ1) is 34.2. The van der Waals surface area contributed by atoms with Crippen molar-refractivity contribution in [1.29, 1.82) is 0 Å². The maximum Gasteiger partial charge on any atom is 0.338 e. The number of rotatable bonds is 12. The fourth-order valence-electron chi connectivity index (χ4n) is 5.42. The van der Waals surface area contributed by atoms with Crippen LogP contribution in [0.5, 0.6) is 17.2 Å². The van der Waals surface area contributed by atoms with Crippen LogP contribution in [-0.2, 0) is 22.6 Å². The van der Waals surface area contributed by atoms with Gasteiger partial charge in [0.05, 0.1) is 36.1 Å². The summed E-state index contributed by atoms with van der Waals surface area (Å²) in [5.74, 6) is 1.10. The molecule has 47 heavy (non-hydrogen) atoms. The minimum atomic E-state index is -0.823. The number of nitrogens with zero attached hydrogens (tertiary/aromatic N) is 2. The van der Waals surface area contributed by atoms with E-state index in [1.807, 2.05) is 55.5 Å². The fourth-order valence-corrected chi connectivity index (χ4v) is 7.04. The molecule has 1 atom stereocenters. The average molecular weight is 738 g/mol. The first-order valence-corrected chi connectivity index (χ1v) is 17.0. The zero-order chi connectivity index (χ0) is 33.7. The predicted molar refractivity (Wildman–Crippen MR) is 188 cm³/mol. The summed E-state index contributed by atoms with van der Waals surface area (Å²) in [4.78, 5) is 32.8. The number of hydrogen-bond acceptors (Lipinski definition) is 8. The van der Waals surface area contributed by atoms with Crippen LogP contribution in [0.3, 0.4) is 0 Å². The quantitative estimate of drug-likeness (QED) is 0.116. The van der Waals surface area contributed by atoms with Crippen molar-refractivity contribution in [1.82, 2.24) is 4.57 Å². The van der Waals surface area contributed by atoms with E-state index < -0.39 is 12.0 Å². The molecule has 1 aliphatic heterocycles. The Bertz CT molecular complexity index is 2050. The van der Waals surface area contributed by atoms with E-state index in [-0.39, 0.29) is 24.3 Å². The van der Waals surface area contributed by atoms with Gasteiger partial charge in [-0.05, 0) is 75.2 Å². The molecule has 0 N–H and O–H groups in total. The molecule has 4 aromatic rings. The number of ether oxygens (including phenoxy) is 4. The zero-order valence-corrected chi connectivity index (χ0v) is 29.6. The summed E-state index contributed by atoms with van der Waals surface area (Å²) in [6.07, 6.45) is 4.09. The third-order valence-electron chi connectivity index (χ3n) is 7.45. The zero-order valence-electron chi connectivity index (χ0n) is 26.5. The molecular formula is C36H34BrClN2O6S. The Morgan fingerprint density at radius 3 is 2.57 bits per heavy atom. The first-order chi connectivity index (χ1) is 22.7. The summed E-state index contributed by atoms with van der Waals surface area (Å²) in [5.41, 5.74) is 3.48. The molecule has 8 nitrogen and oxygen atoms in total. The minimum absolute atomic E-state index is 0.176. The van der Waals surface area contributed by atoms with Crippen LogP contribution in [0.25, 0.3) is 6.08 Å². The Kier molecular flexibility index (Phi) is 11.1. The molecule has 0 bridgehead atoms. The minimum Gasteiger partial charge on any atom is -0.496 e. The van der Waals surface area contributed by atoms with Gasteiger partial charge >= 0.3 is 5.97 Å². The van der Waals surface area contributed by atoms with Gasteiger partial charge in [0.2, 0.25) is 0 Å². The van der Waals surface area contributed by atoms with Crippen LogP contribution in [0.15, 0.2) is 92.8 Å². The van der Waals surface area contributed by atoms with Crippen molar-refractivity contribution < 1.29 is 23.7 Å². The average Bonchev–Trinajstić information content (AvgIpc) is 3.34. The predicted octanol–water partition coefficient (Wildman–Crippen LogP) is 6.93. The highest BCUT2D eigenvalue weighted by Crippen LogP contribution is 2.38. The van der Waals surface area contributed by atoms with E-state index in [2.05, 4.69) is 22.5 Å². The number of carbonyl (C=O) groups excluding carboxylic acids is 1. The Morgan fingerprint density at radius 1 is 1.09 bits per heavy atom. The van der Waals surface area contributed by atoms with E-state index in [0.29, 0.717) is 55.9 Å². The molecule has 2 heterocycles. The summed E-state index contributed by atoms with van der Waals surface area (Å²) in [7, 11) is 1.55. The van der Waals surface area contributed by atoms with Gasteiger partial charge in [-0.1, -0.05) is 63.1 Å². The third-order valence-corrected chi connectivity index (χ3v) is 9.29. The second-order valence-corrected chi connectivity index (χ2v) is 12.8. The normalized spacial score (nSPS) is 14.3. The molecule has 1 aliphatic rings. The molecular weight excluding hydrogens is 704 g/mol. The highest BCUT2D eigenvalue weighted by atomic mass is 79.9. The Labute approximate surface area is 290 Å². The molecule has 0 aliphatic carbocycles. The lowest BCUT2D eigenvalue weighted by molar-refractivity contribution is -0.139. The van der Waals surface area contributed by atoms with Crippen LogP contribution in [0, 0.1) is 0 Å². The summed E-state index contributed by atoms with van der Waals surface area (Å²) in [6.45, 7) is 10.2. The summed E-state index contributed by atoms with van der Waals surface area (Å²) in [6, 6.07) is 16.0. The number of benzene rings is 3. The van der Waals surface area contributed by atoms with Gasteiger partial charge in [-0.25, -0.2) is 9.79 Å². The van der Waals surface area contributed by atoms with Crippen LogP contribution in [0.2, 0.25) is 5.02 Å². The van der Waals surface area contributed by atoms with Crippen LogP contribution in [-0.4, -0.2) is 30.9 Å². The SMILES string of the molecule is C=CCc1cc(/C=c2\sc3n(c2=O)[C@@H](c2cc(Br)ccc2OC)C(C(=O)OCC)=C(C)N=3)cc(OCC)c1OCc1ccccc1Cl. The lowest BCUT2D eigenvalue weighted by atomic mass is 9.95. The number of carbonyl (C=O) groups is 1. The molecule has 0 spiro atoms. The first-order valence-electron chi connectivity index (χ1n) is 15.0. The molecule has 11 heteroatoms. The van der Waals surface area contributed by atoms with Crippen molar-refractivity contribution in [3.05, 3.63) is 130 Å². The van der Waals surface area contributed by atoms with Crippen molar-refractivity contribution in [2.45, 2.75) is 39.8 Å². The number of halogens is 2. The van der Waals surface area contributed by atoms with Gasteiger partial charge < -0.3 is 18.9 Å². The molecule has 1 aromatic heterocycles. The standard InChI is InChI=1S/C36H34BrClN2O6S/c1-6-11-23-16-22(17-29(44-7-2)33(23)46-20-24-12-9-10-13-27(24)38)18-30-34(41)40-32(26-19-25(37)14-15-28(26)43-5)31(35(42)45-8-3)21(4)39-36(40)47-30/h6,9-10,12-19,32H,1,7-8,11,20H2,2-5H3/b30-18-/t32-/m0/s1. The monoisotopic (exact) mass is 736 g/mol. The van der Waals surface area contributed by atoms with Crippen LogP contribution >= 0.6 is 38.9 Å². The van der Waals surface area contributed by atoms with Crippen LogP contribution < -0.4 is 29.1 Å². The molecule has 0 amide bonds. The number of aromatic nitrogens is 1. The number of allylic oxidation sites excluding steroid dienone is 2. The second-order valence-electron chi connectivity index (χ2n) is 10.5. The molecule has 5 rings (SSSR count). The van der Waals surface area contributed by atoms with Gasteiger partial charge in [0.15, 0.2) is 16.3 Å². The van der Waals surface area contributed by atoms with Gasteiger partial charge in [-0.2, -0.15) is 0 Å². The summed E-state index contributed by atoms with van der Waals surface area (Å²) >= 11 is 11.2. The highest BCUT2D eigenvalue weighted by Gasteiger charge is 2.35. The van der Waals surface area contributed by atoms with Gasteiger partial charge in [0, 0.05) is 26.2 Å². The van der Waals surface area contributed by atoms with Gasteiger partial charge in [0.25, 0.3) is 5.56 Å². The Balaban J connectivity index is 1.66. The van der Waals surface area contributed by atoms with E-state index in [1.54, 1.807) is 39.2 Å². The number of methoxy groups -OCH3 is 1. The van der Waals surface area contributed by atoms with Crippen molar-refractivity contribution in [3.8, 4) is 17.2 Å². The highest BCUT2D eigenvalue weighted by molar-refractivity contribution is 9.10. The van der Waals surface area contributed by atoms with Crippen LogP contribution in [0.4, 0.5) is 0 Å². The summed E-state index contributed by atoms with van der Waals surface area (Å²) < 4.78 is 26.2. The number of thiazole rings is 1. The molecule has 244 valence electrons. The Morgan fingerprint density at radius 2 is 1.87 bits per heavy atom. The van der Waals surface area contributed by atoms with Crippen molar-refractivity contribution in [2.24, 2.45) is 4.99 Å². The van der Waals surface area contributed by atoms with Gasteiger partial charge in [0.1, 0.15) is 18.4 Å². The van der Waals surface area contributed by atoms with E-state index in [4.69, 9.17) is 35.5 Å². The van der Waals surface area contributed by atoms with Crippen LogP contribution in [0.1, 0.15) is 49.1 Å². The van der Waals surface area contributed by atoms with Gasteiger partial charge in [-0.3, -0.25) is 9.36 Å². The maximum absolute atomic E-state index is 14.3. The molecule has 3 aromatic carbocycles. The largest absolute Gasteiger partial charge is 0.496 e. The van der Waals surface area contributed by atoms with Crippen molar-refractivity contribution in [3.63, 3.8) is 0 Å². The van der Waals surface area contributed by atoms with Crippen molar-refractivity contribution >= 4 is 50.9 Å². The Hall–Kier alpha value is -4.12. The third kappa shape index (κ3) is 7.25. The molecule has 0 fully saturated rings. The maximum atomic E-state index is 14.3. The second kappa shape index (κ2) is 15.2. The number of esters is 1. The topological polar surface area (TPSA) is 88.4 Å². The molecule has 0 saturated carbocycles. The smallest absolute Gasteiger partial charge is 0.338 e. The lowest BCUT2D eigenvalue weighted by Crippen LogP contribution is -2.40. The van der Waals surface area contributed by atoms with Gasteiger partial charge in [-0.15, -0.1) is 6.58 Å². The summed E-state index contributed by atoms with van der Waals surface area (Å²) in [5, 5.41) is 0.614. The molecule has 0 radical (unpaired) electrons. The lowest BCUT2D eigenvalue weighted by Gasteiger charge is -2.26. The number of hydrogen-bond donors (Lipinski definition) is 0. The van der Waals surface area contributed by atoms with E-state index in [0.717, 1.165) is 21.2 Å². The number of fused-ring (bicyclic) bond motifs is 1. The van der Waals surface area contributed by atoms with Crippen molar-refractivity contribution in [2.75, 3.05) is 20.3 Å². The fraction of sp³-hybridized carbons (Fsp3) is 0.250. The molecule has 0 unspecified atom stereocenters. The van der Waals surface area contributed by atoms with E-state index in [9.17, 15) is 9.59 Å².